The van der Waals surface area contributed by atoms with Gasteiger partial charge in [-0.05, 0) is 30.6 Å². The van der Waals surface area contributed by atoms with E-state index in [9.17, 15) is 4.79 Å². The van der Waals surface area contributed by atoms with Gasteiger partial charge in [0.05, 0.1) is 6.61 Å². The molecule has 0 heterocycles. The molecule has 4 nitrogen and oxygen atoms in total. The van der Waals surface area contributed by atoms with Gasteiger partial charge in [-0.1, -0.05) is 27.7 Å². The van der Waals surface area contributed by atoms with E-state index in [2.05, 4.69) is 38.3 Å². The van der Waals surface area contributed by atoms with Crippen LogP contribution in [0, 0.1) is 16.7 Å². The van der Waals surface area contributed by atoms with Crippen molar-refractivity contribution < 1.29 is 9.90 Å². The van der Waals surface area contributed by atoms with Crippen LogP contribution in [0.1, 0.15) is 47.0 Å². The molecule has 1 aliphatic rings. The molecule has 106 valence electrons. The third kappa shape index (κ3) is 5.25. The first-order valence-electron chi connectivity index (χ1n) is 6.91. The number of hydrogen-bond acceptors (Lipinski definition) is 2. The van der Waals surface area contributed by atoms with Crippen molar-refractivity contribution in [2.45, 2.75) is 47.0 Å². The number of carbonyl (C=O) groups excluding carboxylic acids is 1. The number of carbonyl (C=O) groups is 1. The van der Waals surface area contributed by atoms with E-state index in [4.69, 9.17) is 5.11 Å². The van der Waals surface area contributed by atoms with Crippen molar-refractivity contribution >= 4 is 6.03 Å². The summed E-state index contributed by atoms with van der Waals surface area (Å²) in [5.41, 5.74) is 0.102. The lowest BCUT2D eigenvalue weighted by atomic mass is 9.84. The zero-order valence-corrected chi connectivity index (χ0v) is 12.2. The average Bonchev–Trinajstić information content (AvgIpc) is 3.03. The van der Waals surface area contributed by atoms with E-state index in [-0.39, 0.29) is 23.5 Å². The van der Waals surface area contributed by atoms with Gasteiger partial charge in [0, 0.05) is 18.5 Å². The summed E-state index contributed by atoms with van der Waals surface area (Å²) in [6.07, 6.45) is 3.12. The molecule has 0 bridgehead atoms. The average molecular weight is 256 g/mol. The van der Waals surface area contributed by atoms with Crippen LogP contribution in [-0.2, 0) is 0 Å². The van der Waals surface area contributed by atoms with Crippen molar-refractivity contribution in [2.24, 2.45) is 16.7 Å². The fourth-order valence-electron chi connectivity index (χ4n) is 2.39. The topological polar surface area (TPSA) is 61.4 Å². The van der Waals surface area contributed by atoms with E-state index in [1.54, 1.807) is 0 Å². The quantitative estimate of drug-likeness (QED) is 0.653. The van der Waals surface area contributed by atoms with Crippen molar-refractivity contribution in [3.63, 3.8) is 0 Å². The molecule has 4 heteroatoms. The first kappa shape index (κ1) is 15.3. The van der Waals surface area contributed by atoms with Gasteiger partial charge < -0.3 is 15.7 Å². The van der Waals surface area contributed by atoms with E-state index in [1.165, 1.54) is 0 Å². The predicted octanol–water partition coefficient (Wildman–Crippen LogP) is 2.13. The standard InChI is InChI=1S/C14H28N2O2/c1-11(2)7-13(3,4)8-15-12(18)16-9-14(10-17)5-6-14/h11,17H,5-10H2,1-4H3,(H2,15,16,18). The number of hydrogen-bond donors (Lipinski definition) is 3. The third-order valence-corrected chi connectivity index (χ3v) is 3.60. The Labute approximate surface area is 111 Å². The second-order valence-corrected chi connectivity index (χ2v) is 6.96. The molecule has 3 N–H and O–H groups in total. The van der Waals surface area contributed by atoms with Crippen molar-refractivity contribution in [1.29, 1.82) is 0 Å². The molecular weight excluding hydrogens is 228 g/mol. The van der Waals surface area contributed by atoms with Gasteiger partial charge in [0.15, 0.2) is 0 Å². The zero-order valence-electron chi connectivity index (χ0n) is 12.2. The highest BCUT2D eigenvalue weighted by molar-refractivity contribution is 5.73. The van der Waals surface area contributed by atoms with Crippen molar-refractivity contribution in [1.82, 2.24) is 10.6 Å². The van der Waals surface area contributed by atoms with Crippen LogP contribution in [0.5, 0.6) is 0 Å². The fourth-order valence-corrected chi connectivity index (χ4v) is 2.39. The van der Waals surface area contributed by atoms with E-state index < -0.39 is 0 Å². The summed E-state index contributed by atoms with van der Waals surface area (Å²) in [4.78, 5) is 11.7. The van der Waals surface area contributed by atoms with Crippen LogP contribution in [0.3, 0.4) is 0 Å². The molecule has 0 aromatic heterocycles. The maximum absolute atomic E-state index is 11.7. The molecule has 1 aliphatic carbocycles. The SMILES string of the molecule is CC(C)CC(C)(C)CNC(=O)NCC1(CO)CC1. The van der Waals surface area contributed by atoms with Crippen LogP contribution in [0.15, 0.2) is 0 Å². The van der Waals surface area contributed by atoms with Gasteiger partial charge in [0.1, 0.15) is 0 Å². The number of rotatable bonds is 7. The molecule has 0 atom stereocenters. The van der Waals surface area contributed by atoms with E-state index in [0.717, 1.165) is 19.3 Å². The largest absolute Gasteiger partial charge is 0.396 e. The minimum absolute atomic E-state index is 0.0230. The Morgan fingerprint density at radius 1 is 1.33 bits per heavy atom. The van der Waals surface area contributed by atoms with Gasteiger partial charge >= 0.3 is 6.03 Å². The van der Waals surface area contributed by atoms with Crippen molar-refractivity contribution in [2.75, 3.05) is 19.7 Å². The lowest BCUT2D eigenvalue weighted by Gasteiger charge is -2.27. The monoisotopic (exact) mass is 256 g/mol. The smallest absolute Gasteiger partial charge is 0.314 e. The zero-order chi connectivity index (χ0) is 13.8. The molecule has 1 fully saturated rings. The highest BCUT2D eigenvalue weighted by atomic mass is 16.3. The minimum Gasteiger partial charge on any atom is -0.396 e. The van der Waals surface area contributed by atoms with Crippen molar-refractivity contribution in [3.8, 4) is 0 Å². The van der Waals surface area contributed by atoms with Crippen LogP contribution >= 0.6 is 0 Å². The Balaban J connectivity index is 2.20. The number of aliphatic hydroxyl groups excluding tert-OH is 1. The van der Waals surface area contributed by atoms with E-state index >= 15 is 0 Å². The second kappa shape index (κ2) is 5.91. The Morgan fingerprint density at radius 3 is 2.39 bits per heavy atom. The van der Waals surface area contributed by atoms with Crippen LogP contribution in [-0.4, -0.2) is 30.8 Å². The molecule has 18 heavy (non-hydrogen) atoms. The molecule has 0 saturated heterocycles. The number of amides is 2. The molecule has 0 aromatic carbocycles. The molecule has 2 amide bonds. The lowest BCUT2D eigenvalue weighted by Crippen LogP contribution is -2.43. The Hall–Kier alpha value is -0.770. The molecule has 1 rings (SSSR count). The summed E-state index contributed by atoms with van der Waals surface area (Å²) < 4.78 is 0. The Morgan fingerprint density at radius 2 is 1.94 bits per heavy atom. The minimum atomic E-state index is -0.119. The van der Waals surface area contributed by atoms with Crippen LogP contribution in [0.4, 0.5) is 4.79 Å². The highest BCUT2D eigenvalue weighted by Gasteiger charge is 2.42. The summed E-state index contributed by atoms with van der Waals surface area (Å²) >= 11 is 0. The molecule has 0 aliphatic heterocycles. The molecule has 1 saturated carbocycles. The normalized spacial score (nSPS) is 17.7. The molecular formula is C14H28N2O2. The first-order chi connectivity index (χ1) is 8.29. The van der Waals surface area contributed by atoms with Crippen LogP contribution in [0.2, 0.25) is 0 Å². The summed E-state index contributed by atoms with van der Waals surface area (Å²) in [5.74, 6) is 0.633. The maximum Gasteiger partial charge on any atom is 0.314 e. The number of nitrogens with one attached hydrogen (secondary N) is 2. The van der Waals surface area contributed by atoms with Gasteiger partial charge in [0.2, 0.25) is 0 Å². The summed E-state index contributed by atoms with van der Waals surface area (Å²) in [5, 5.41) is 14.9. The lowest BCUT2D eigenvalue weighted by molar-refractivity contribution is 0.200. The van der Waals surface area contributed by atoms with Gasteiger partial charge in [-0.15, -0.1) is 0 Å². The number of urea groups is 1. The van der Waals surface area contributed by atoms with Gasteiger partial charge in [-0.2, -0.15) is 0 Å². The van der Waals surface area contributed by atoms with E-state index in [0.29, 0.717) is 19.0 Å². The van der Waals surface area contributed by atoms with Crippen LogP contribution in [0.25, 0.3) is 0 Å². The fraction of sp³-hybridized carbons (Fsp3) is 0.929. The Kier molecular flexibility index (Phi) is 5.02. The molecule has 0 spiro atoms. The molecule has 0 aromatic rings. The van der Waals surface area contributed by atoms with Gasteiger partial charge in [-0.3, -0.25) is 0 Å². The van der Waals surface area contributed by atoms with Crippen molar-refractivity contribution in [3.05, 3.63) is 0 Å². The summed E-state index contributed by atoms with van der Waals surface area (Å²) in [6, 6.07) is -0.119. The first-order valence-corrected chi connectivity index (χ1v) is 6.91. The summed E-state index contributed by atoms with van der Waals surface area (Å²) in [7, 11) is 0. The predicted molar refractivity (Wildman–Crippen MR) is 73.4 cm³/mol. The van der Waals surface area contributed by atoms with E-state index in [1.807, 2.05) is 0 Å². The molecule has 0 radical (unpaired) electrons. The second-order valence-electron chi connectivity index (χ2n) is 6.96. The number of aliphatic hydroxyl groups is 1. The third-order valence-electron chi connectivity index (χ3n) is 3.60. The molecule has 0 unspecified atom stereocenters. The van der Waals surface area contributed by atoms with Gasteiger partial charge in [0.25, 0.3) is 0 Å². The van der Waals surface area contributed by atoms with Gasteiger partial charge in [-0.25, -0.2) is 4.79 Å². The Bertz CT molecular complexity index is 284. The summed E-state index contributed by atoms with van der Waals surface area (Å²) in [6.45, 7) is 10.2. The highest BCUT2D eigenvalue weighted by Crippen LogP contribution is 2.44. The van der Waals surface area contributed by atoms with Crippen LogP contribution < -0.4 is 10.6 Å². The maximum atomic E-state index is 11.7.